The number of amides is 1. The summed E-state index contributed by atoms with van der Waals surface area (Å²) in [7, 11) is 0. The number of halogens is 2. The number of nitrogens with one attached hydrogen (secondary N) is 2. The van der Waals surface area contributed by atoms with E-state index in [4.69, 9.17) is 0 Å². The molecule has 1 aromatic carbocycles. The van der Waals surface area contributed by atoms with E-state index in [0.29, 0.717) is 12.3 Å². The minimum atomic E-state index is -0.0885. The Morgan fingerprint density at radius 3 is 2.86 bits per heavy atom. The summed E-state index contributed by atoms with van der Waals surface area (Å²) in [6, 6.07) is 8.29. The van der Waals surface area contributed by atoms with Crippen LogP contribution in [0.4, 0.5) is 0 Å². The number of carbonyl (C=O) groups is 1. The molecule has 21 heavy (non-hydrogen) atoms. The Hall–Kier alpha value is -0.580. The predicted molar refractivity (Wildman–Crippen MR) is 90.7 cm³/mol. The van der Waals surface area contributed by atoms with E-state index < -0.39 is 0 Å². The van der Waals surface area contributed by atoms with Gasteiger partial charge in [-0.2, -0.15) is 0 Å². The van der Waals surface area contributed by atoms with Crippen molar-refractivity contribution in [2.45, 2.75) is 37.6 Å². The molecule has 2 N–H and O–H groups in total. The van der Waals surface area contributed by atoms with Gasteiger partial charge in [0.05, 0.1) is 5.54 Å². The topological polar surface area (TPSA) is 41.1 Å². The van der Waals surface area contributed by atoms with Gasteiger partial charge in [0, 0.05) is 10.9 Å². The maximum Gasteiger partial charge on any atom is 0.220 e. The second kappa shape index (κ2) is 7.12. The molecule has 1 saturated carbocycles. The zero-order valence-electron chi connectivity index (χ0n) is 12.0. The van der Waals surface area contributed by atoms with E-state index in [-0.39, 0.29) is 23.9 Å². The molecule has 3 nitrogen and oxygen atoms in total. The Kier molecular flexibility index (Phi) is 5.69. The van der Waals surface area contributed by atoms with Gasteiger partial charge in [-0.05, 0) is 62.4 Å². The summed E-state index contributed by atoms with van der Waals surface area (Å²) >= 11 is 3.50. The SMILES string of the molecule is Cl.O=C(CCC1CCNC1)NC1(c2cccc(Br)c2)CC1. The van der Waals surface area contributed by atoms with Crippen molar-refractivity contribution in [3.63, 3.8) is 0 Å². The number of rotatable bonds is 5. The van der Waals surface area contributed by atoms with Crippen LogP contribution in [0.1, 0.15) is 37.7 Å². The minimum Gasteiger partial charge on any atom is -0.347 e. The van der Waals surface area contributed by atoms with Gasteiger partial charge in [-0.3, -0.25) is 4.79 Å². The predicted octanol–water partition coefficient (Wildman–Crippen LogP) is 3.37. The van der Waals surface area contributed by atoms with Crippen LogP contribution in [0.2, 0.25) is 0 Å². The van der Waals surface area contributed by atoms with Gasteiger partial charge >= 0.3 is 0 Å². The second-order valence-corrected chi connectivity index (χ2v) is 6.95. The molecule has 1 heterocycles. The number of hydrogen-bond donors (Lipinski definition) is 2. The first-order valence-electron chi connectivity index (χ1n) is 7.46. The molecule has 5 heteroatoms. The third-order valence-corrected chi connectivity index (χ3v) is 4.94. The van der Waals surface area contributed by atoms with Crippen molar-refractivity contribution in [1.82, 2.24) is 10.6 Å². The number of hydrogen-bond acceptors (Lipinski definition) is 2. The maximum absolute atomic E-state index is 12.2. The van der Waals surface area contributed by atoms with Crippen LogP contribution >= 0.6 is 28.3 Å². The molecule has 1 saturated heterocycles. The highest BCUT2D eigenvalue weighted by Crippen LogP contribution is 2.46. The van der Waals surface area contributed by atoms with E-state index in [2.05, 4.69) is 38.7 Å². The van der Waals surface area contributed by atoms with E-state index in [0.717, 1.165) is 36.8 Å². The standard InChI is InChI=1S/C16H21BrN2O.ClH/c17-14-3-1-2-13(10-14)16(7-8-16)19-15(20)5-4-12-6-9-18-11-12;/h1-3,10,12,18H,4-9,11H2,(H,19,20);1H. The Morgan fingerprint density at radius 2 is 2.24 bits per heavy atom. The molecule has 1 aromatic rings. The molecule has 0 radical (unpaired) electrons. The molecule has 3 rings (SSSR count). The van der Waals surface area contributed by atoms with Gasteiger partial charge in [0.2, 0.25) is 5.91 Å². The fraction of sp³-hybridized carbons (Fsp3) is 0.562. The third kappa shape index (κ3) is 4.21. The quantitative estimate of drug-likeness (QED) is 0.831. The minimum absolute atomic E-state index is 0. The third-order valence-electron chi connectivity index (χ3n) is 4.45. The summed E-state index contributed by atoms with van der Waals surface area (Å²) in [6.07, 6.45) is 4.99. The lowest BCUT2D eigenvalue weighted by molar-refractivity contribution is -0.122. The van der Waals surface area contributed by atoms with Crippen molar-refractivity contribution in [1.29, 1.82) is 0 Å². The Balaban J connectivity index is 0.00000161. The molecular weight excluding hydrogens is 352 g/mol. The van der Waals surface area contributed by atoms with Crippen LogP contribution in [0.15, 0.2) is 28.7 Å². The zero-order valence-corrected chi connectivity index (χ0v) is 14.4. The summed E-state index contributed by atoms with van der Waals surface area (Å²) in [6.45, 7) is 2.18. The van der Waals surface area contributed by atoms with Crippen molar-refractivity contribution >= 4 is 34.2 Å². The summed E-state index contributed by atoms with van der Waals surface area (Å²) in [5.41, 5.74) is 1.14. The van der Waals surface area contributed by atoms with Crippen LogP contribution in [-0.4, -0.2) is 19.0 Å². The van der Waals surface area contributed by atoms with Gasteiger partial charge in [0.1, 0.15) is 0 Å². The van der Waals surface area contributed by atoms with Crippen LogP contribution in [0, 0.1) is 5.92 Å². The van der Waals surface area contributed by atoms with Gasteiger partial charge in [0.15, 0.2) is 0 Å². The summed E-state index contributed by atoms with van der Waals surface area (Å²) in [4.78, 5) is 12.2. The average molecular weight is 374 g/mol. The van der Waals surface area contributed by atoms with Crippen molar-refractivity contribution in [3.8, 4) is 0 Å². The van der Waals surface area contributed by atoms with Gasteiger partial charge in [-0.1, -0.05) is 28.1 Å². The molecule has 116 valence electrons. The highest BCUT2D eigenvalue weighted by molar-refractivity contribution is 9.10. The van der Waals surface area contributed by atoms with Gasteiger partial charge in [-0.25, -0.2) is 0 Å². The first-order valence-corrected chi connectivity index (χ1v) is 8.25. The van der Waals surface area contributed by atoms with E-state index in [1.807, 2.05) is 12.1 Å². The van der Waals surface area contributed by atoms with Crippen molar-refractivity contribution < 1.29 is 4.79 Å². The highest BCUT2D eigenvalue weighted by atomic mass is 79.9. The Morgan fingerprint density at radius 1 is 1.43 bits per heavy atom. The molecule has 2 aliphatic rings. The van der Waals surface area contributed by atoms with Crippen molar-refractivity contribution in [2.75, 3.05) is 13.1 Å². The summed E-state index contributed by atoms with van der Waals surface area (Å²) < 4.78 is 1.08. The molecule has 1 atom stereocenters. The molecule has 1 aliphatic heterocycles. The molecule has 1 aliphatic carbocycles. The van der Waals surface area contributed by atoms with Crippen molar-refractivity contribution in [3.05, 3.63) is 34.3 Å². The largest absolute Gasteiger partial charge is 0.347 e. The van der Waals surface area contributed by atoms with Gasteiger partial charge < -0.3 is 10.6 Å². The first kappa shape index (κ1) is 16.8. The fourth-order valence-electron chi connectivity index (χ4n) is 3.02. The highest BCUT2D eigenvalue weighted by Gasteiger charge is 2.45. The van der Waals surface area contributed by atoms with Gasteiger partial charge in [-0.15, -0.1) is 12.4 Å². The lowest BCUT2D eigenvalue weighted by atomic mass is 10.0. The van der Waals surface area contributed by atoms with Crippen LogP contribution in [0.5, 0.6) is 0 Å². The molecule has 2 fully saturated rings. The molecule has 0 bridgehead atoms. The first-order chi connectivity index (χ1) is 9.68. The molecule has 0 spiro atoms. The van der Waals surface area contributed by atoms with Crippen LogP contribution in [0.3, 0.4) is 0 Å². The second-order valence-electron chi connectivity index (χ2n) is 6.04. The van der Waals surface area contributed by atoms with Crippen LogP contribution < -0.4 is 10.6 Å². The van der Waals surface area contributed by atoms with Crippen molar-refractivity contribution in [2.24, 2.45) is 5.92 Å². The smallest absolute Gasteiger partial charge is 0.220 e. The Bertz CT molecular complexity index is 499. The normalized spacial score (nSPS) is 22.4. The molecule has 1 unspecified atom stereocenters. The fourth-order valence-corrected chi connectivity index (χ4v) is 3.42. The summed E-state index contributed by atoms with van der Waals surface area (Å²) in [5, 5.41) is 6.61. The number of benzene rings is 1. The molecule has 0 aromatic heterocycles. The zero-order chi connectivity index (χ0) is 14.0. The lowest BCUT2D eigenvalue weighted by Crippen LogP contribution is -2.35. The monoisotopic (exact) mass is 372 g/mol. The van der Waals surface area contributed by atoms with E-state index in [1.165, 1.54) is 12.0 Å². The van der Waals surface area contributed by atoms with E-state index >= 15 is 0 Å². The average Bonchev–Trinajstić information content (AvgIpc) is 3.02. The van der Waals surface area contributed by atoms with E-state index in [1.54, 1.807) is 0 Å². The lowest BCUT2D eigenvalue weighted by Gasteiger charge is -2.19. The van der Waals surface area contributed by atoms with Gasteiger partial charge in [0.25, 0.3) is 0 Å². The maximum atomic E-state index is 12.2. The summed E-state index contributed by atoms with van der Waals surface area (Å²) in [5.74, 6) is 0.885. The number of carbonyl (C=O) groups excluding carboxylic acids is 1. The van der Waals surface area contributed by atoms with Crippen LogP contribution in [-0.2, 0) is 10.3 Å². The van der Waals surface area contributed by atoms with E-state index in [9.17, 15) is 4.79 Å². The molecule has 1 amide bonds. The Labute approximate surface area is 140 Å². The van der Waals surface area contributed by atoms with Crippen LogP contribution in [0.25, 0.3) is 0 Å². The molecular formula is C16H22BrClN2O.